The molecule has 0 heterocycles. The fourth-order valence-corrected chi connectivity index (χ4v) is 6.62. The third-order valence-corrected chi connectivity index (χ3v) is 7.76. The topological polar surface area (TPSA) is 57.5 Å². The highest BCUT2D eigenvalue weighted by molar-refractivity contribution is 5.87. The number of aliphatic hydroxyl groups excluding tert-OH is 2. The van der Waals surface area contributed by atoms with E-state index < -0.39 is 12.2 Å². The lowest BCUT2D eigenvalue weighted by molar-refractivity contribution is -0.141. The fraction of sp³-hybridized carbons (Fsp3) is 0.944. The predicted octanol–water partition coefficient (Wildman–Crippen LogP) is 2.54. The number of Topliss-reactive ketones (excluding diaryl/α,β-unsaturated/α-hetero) is 1. The van der Waals surface area contributed by atoms with Crippen molar-refractivity contribution in [2.45, 2.75) is 70.5 Å². The predicted molar refractivity (Wildman–Crippen MR) is 79.5 cm³/mol. The summed E-state index contributed by atoms with van der Waals surface area (Å²) < 4.78 is 0. The molecule has 4 rings (SSSR count). The normalized spacial score (nSPS) is 56.5. The number of rotatable bonds is 0. The number of aliphatic hydroxyl groups is 2. The quantitative estimate of drug-likeness (QED) is 0.721. The Morgan fingerprint density at radius 2 is 1.57 bits per heavy atom. The van der Waals surface area contributed by atoms with Gasteiger partial charge < -0.3 is 10.2 Å². The second-order valence-electron chi connectivity index (χ2n) is 8.39. The van der Waals surface area contributed by atoms with Crippen molar-refractivity contribution in [1.82, 2.24) is 0 Å². The van der Waals surface area contributed by atoms with Crippen LogP contribution in [0.3, 0.4) is 0 Å². The molecule has 0 amide bonds. The summed E-state index contributed by atoms with van der Waals surface area (Å²) in [5.74, 6) is 3.37. The average Bonchev–Trinajstić information content (AvgIpc) is 2.78. The molecule has 2 N–H and O–H groups in total. The van der Waals surface area contributed by atoms with Crippen molar-refractivity contribution in [1.29, 1.82) is 0 Å². The zero-order valence-corrected chi connectivity index (χ0v) is 13.0. The minimum atomic E-state index is -0.511. The van der Waals surface area contributed by atoms with Crippen molar-refractivity contribution in [3.8, 4) is 0 Å². The van der Waals surface area contributed by atoms with Gasteiger partial charge in [0.05, 0.1) is 12.2 Å². The monoisotopic (exact) mass is 292 g/mol. The van der Waals surface area contributed by atoms with Crippen LogP contribution >= 0.6 is 0 Å². The standard InChI is InChI=1S/C18H28O3/c1-18-9-8-11-10-4-6-15(19)17(21)13(10)3-2-12(11)14(18)5-7-16(18)20/h10-15,17,19,21H,2-9H2,1H3/t10-,11-,12-,13?,14+,15-,17?,18+/m1/s1. The molecule has 3 nitrogen and oxygen atoms in total. The van der Waals surface area contributed by atoms with Gasteiger partial charge in [-0.3, -0.25) is 4.79 Å². The lowest BCUT2D eigenvalue weighted by Crippen LogP contribution is -2.53. The maximum absolute atomic E-state index is 12.3. The Morgan fingerprint density at radius 1 is 0.905 bits per heavy atom. The summed E-state index contributed by atoms with van der Waals surface area (Å²) in [5.41, 5.74) is -0.0409. The van der Waals surface area contributed by atoms with E-state index in [1.807, 2.05) is 0 Å². The van der Waals surface area contributed by atoms with Crippen molar-refractivity contribution in [3.63, 3.8) is 0 Å². The van der Waals surface area contributed by atoms with Crippen LogP contribution in [0.4, 0.5) is 0 Å². The van der Waals surface area contributed by atoms with E-state index in [0.29, 0.717) is 35.4 Å². The molecule has 4 fully saturated rings. The molecule has 3 heteroatoms. The fourth-order valence-electron chi connectivity index (χ4n) is 6.62. The molecule has 118 valence electrons. The molecule has 0 aromatic rings. The van der Waals surface area contributed by atoms with Gasteiger partial charge in [0.1, 0.15) is 5.78 Å². The molecule has 0 saturated heterocycles. The van der Waals surface area contributed by atoms with Crippen LogP contribution in [0.15, 0.2) is 0 Å². The highest BCUT2D eigenvalue weighted by Crippen LogP contribution is 2.61. The molecule has 0 aromatic heterocycles. The van der Waals surface area contributed by atoms with Gasteiger partial charge in [-0.2, -0.15) is 0 Å². The van der Waals surface area contributed by atoms with E-state index >= 15 is 0 Å². The van der Waals surface area contributed by atoms with Crippen molar-refractivity contribution < 1.29 is 15.0 Å². The number of hydrogen-bond donors (Lipinski definition) is 2. The van der Waals surface area contributed by atoms with Gasteiger partial charge in [0.15, 0.2) is 0 Å². The maximum Gasteiger partial charge on any atom is 0.139 e. The molecule has 0 aliphatic heterocycles. The molecule has 0 spiro atoms. The molecule has 0 aromatic carbocycles. The van der Waals surface area contributed by atoms with Crippen LogP contribution in [0.1, 0.15) is 58.3 Å². The van der Waals surface area contributed by atoms with Gasteiger partial charge in [-0.05, 0) is 74.5 Å². The van der Waals surface area contributed by atoms with E-state index in [4.69, 9.17) is 0 Å². The number of hydrogen-bond acceptors (Lipinski definition) is 3. The number of carbonyl (C=O) groups is 1. The Balaban J connectivity index is 1.59. The Morgan fingerprint density at radius 3 is 2.38 bits per heavy atom. The highest BCUT2D eigenvalue weighted by Gasteiger charge is 2.57. The summed E-state index contributed by atoms with van der Waals surface area (Å²) in [6.45, 7) is 2.22. The van der Waals surface area contributed by atoms with Crippen molar-refractivity contribution in [3.05, 3.63) is 0 Å². The van der Waals surface area contributed by atoms with E-state index in [1.54, 1.807) is 0 Å². The molecule has 8 atom stereocenters. The Kier molecular flexibility index (Phi) is 3.24. The number of fused-ring (bicyclic) bond motifs is 5. The molecule has 4 saturated carbocycles. The van der Waals surface area contributed by atoms with Crippen LogP contribution in [0.5, 0.6) is 0 Å². The molecule has 21 heavy (non-hydrogen) atoms. The van der Waals surface area contributed by atoms with Crippen LogP contribution in [0.2, 0.25) is 0 Å². The molecule has 2 unspecified atom stereocenters. The summed E-state index contributed by atoms with van der Waals surface area (Å²) in [6.07, 6.45) is 7.11. The van der Waals surface area contributed by atoms with Gasteiger partial charge in [0.25, 0.3) is 0 Å². The van der Waals surface area contributed by atoms with Crippen molar-refractivity contribution in [2.24, 2.45) is 35.0 Å². The first-order chi connectivity index (χ1) is 10.0. The third-order valence-electron chi connectivity index (χ3n) is 7.76. The van der Waals surface area contributed by atoms with Crippen LogP contribution in [-0.4, -0.2) is 28.2 Å². The zero-order chi connectivity index (χ0) is 14.8. The van der Waals surface area contributed by atoms with Crippen LogP contribution in [0, 0.1) is 35.0 Å². The Bertz CT molecular complexity index is 448. The first-order valence-corrected chi connectivity index (χ1v) is 8.92. The lowest BCUT2D eigenvalue weighted by atomic mass is 9.50. The van der Waals surface area contributed by atoms with Gasteiger partial charge in [-0.15, -0.1) is 0 Å². The van der Waals surface area contributed by atoms with E-state index in [-0.39, 0.29) is 5.41 Å². The molecular weight excluding hydrogens is 264 g/mol. The minimum Gasteiger partial charge on any atom is -0.390 e. The van der Waals surface area contributed by atoms with Crippen molar-refractivity contribution in [2.75, 3.05) is 0 Å². The lowest BCUT2D eigenvalue weighted by Gasteiger charge is -2.55. The van der Waals surface area contributed by atoms with E-state index in [0.717, 1.165) is 51.4 Å². The first-order valence-electron chi connectivity index (χ1n) is 8.92. The third kappa shape index (κ3) is 1.89. The van der Waals surface area contributed by atoms with Gasteiger partial charge in [0.2, 0.25) is 0 Å². The van der Waals surface area contributed by atoms with Crippen LogP contribution in [-0.2, 0) is 4.79 Å². The smallest absolute Gasteiger partial charge is 0.139 e. The number of carbonyl (C=O) groups excluding carboxylic acids is 1. The SMILES string of the molecule is C[C@]12CC[C@H]3[C@@H](CCC4C(O)[C@H](O)CC[C@@H]43)[C@@H]1CCC2=O. The Labute approximate surface area is 127 Å². The van der Waals surface area contributed by atoms with Crippen LogP contribution < -0.4 is 0 Å². The van der Waals surface area contributed by atoms with Gasteiger partial charge in [0, 0.05) is 11.8 Å². The first kappa shape index (κ1) is 14.2. The van der Waals surface area contributed by atoms with Gasteiger partial charge in [-0.25, -0.2) is 0 Å². The Hall–Kier alpha value is -0.410. The van der Waals surface area contributed by atoms with Gasteiger partial charge in [-0.1, -0.05) is 6.92 Å². The van der Waals surface area contributed by atoms with E-state index in [9.17, 15) is 15.0 Å². The summed E-state index contributed by atoms with van der Waals surface area (Å²) in [5, 5.41) is 20.3. The summed E-state index contributed by atoms with van der Waals surface area (Å²) >= 11 is 0. The highest BCUT2D eigenvalue weighted by atomic mass is 16.3. The number of ketones is 1. The zero-order valence-electron chi connectivity index (χ0n) is 13.0. The largest absolute Gasteiger partial charge is 0.390 e. The second kappa shape index (κ2) is 4.79. The molecule has 0 bridgehead atoms. The van der Waals surface area contributed by atoms with E-state index in [2.05, 4.69) is 6.92 Å². The van der Waals surface area contributed by atoms with E-state index in [1.165, 1.54) is 0 Å². The average molecular weight is 292 g/mol. The van der Waals surface area contributed by atoms with Crippen molar-refractivity contribution >= 4 is 5.78 Å². The summed E-state index contributed by atoms with van der Waals surface area (Å²) in [6, 6.07) is 0. The summed E-state index contributed by atoms with van der Waals surface area (Å²) in [4.78, 5) is 12.3. The molecule has 0 radical (unpaired) electrons. The van der Waals surface area contributed by atoms with Crippen LogP contribution in [0.25, 0.3) is 0 Å². The maximum atomic E-state index is 12.3. The molecule has 4 aliphatic rings. The summed E-state index contributed by atoms with van der Waals surface area (Å²) in [7, 11) is 0. The van der Waals surface area contributed by atoms with Gasteiger partial charge >= 0.3 is 0 Å². The second-order valence-corrected chi connectivity index (χ2v) is 8.39. The molecular formula is C18H28O3. The molecule has 4 aliphatic carbocycles. The minimum absolute atomic E-state index is 0.0409.